The molecule has 3 N–H and O–H groups in total. The fourth-order valence-electron chi connectivity index (χ4n) is 2.68. The summed E-state index contributed by atoms with van der Waals surface area (Å²) in [7, 11) is -3.93. The Morgan fingerprint density at radius 3 is 2.78 bits per heavy atom. The topological polar surface area (TPSA) is 79.5 Å². The minimum absolute atomic E-state index is 0.00215. The first-order valence-electron chi connectivity index (χ1n) is 8.48. The molecule has 0 amide bonds. The minimum Gasteiger partial charge on any atom is -0.376 e. The van der Waals surface area contributed by atoms with E-state index >= 15 is 0 Å². The van der Waals surface area contributed by atoms with Gasteiger partial charge in [-0.3, -0.25) is 4.72 Å². The third-order valence-corrected chi connectivity index (χ3v) is 5.64. The third-order valence-electron chi connectivity index (χ3n) is 4.03. The van der Waals surface area contributed by atoms with Crippen molar-refractivity contribution < 1.29 is 17.5 Å². The summed E-state index contributed by atoms with van der Waals surface area (Å²) in [6, 6.07) is 11.7. The van der Waals surface area contributed by atoms with Crippen molar-refractivity contribution in [3.63, 3.8) is 0 Å². The Kier molecular flexibility index (Phi) is 6.25. The van der Waals surface area contributed by atoms with Gasteiger partial charge < -0.3 is 15.4 Å². The van der Waals surface area contributed by atoms with E-state index in [1.165, 1.54) is 30.3 Å². The van der Waals surface area contributed by atoms with Gasteiger partial charge in [0, 0.05) is 18.8 Å². The molecular formula is C18H20FN3O3S2. The zero-order valence-corrected chi connectivity index (χ0v) is 16.1. The van der Waals surface area contributed by atoms with Crippen LogP contribution in [0.2, 0.25) is 0 Å². The quantitative estimate of drug-likeness (QED) is 0.637. The Bertz CT molecular complexity index is 916. The number of rotatable bonds is 6. The van der Waals surface area contributed by atoms with Crippen LogP contribution in [0, 0.1) is 5.82 Å². The number of para-hydroxylation sites is 1. The fraction of sp³-hybridized carbons (Fsp3) is 0.278. The Morgan fingerprint density at radius 1 is 1.22 bits per heavy atom. The van der Waals surface area contributed by atoms with E-state index in [0.717, 1.165) is 19.4 Å². The molecule has 0 saturated carbocycles. The number of hydrogen-bond acceptors (Lipinski definition) is 4. The number of ether oxygens (including phenoxy) is 1. The lowest BCUT2D eigenvalue weighted by molar-refractivity contribution is 0.114. The molecule has 0 bridgehead atoms. The largest absolute Gasteiger partial charge is 0.376 e. The molecule has 1 fully saturated rings. The Labute approximate surface area is 163 Å². The molecule has 6 nitrogen and oxygen atoms in total. The van der Waals surface area contributed by atoms with Crippen LogP contribution in [0.25, 0.3) is 0 Å². The first-order valence-corrected chi connectivity index (χ1v) is 10.4. The summed E-state index contributed by atoms with van der Waals surface area (Å²) >= 11 is 5.24. The van der Waals surface area contributed by atoms with Gasteiger partial charge in [0.1, 0.15) is 5.82 Å². The highest BCUT2D eigenvalue weighted by Crippen LogP contribution is 2.21. The van der Waals surface area contributed by atoms with Gasteiger partial charge >= 0.3 is 0 Å². The van der Waals surface area contributed by atoms with Gasteiger partial charge in [0.15, 0.2) is 5.11 Å². The summed E-state index contributed by atoms with van der Waals surface area (Å²) in [5, 5.41) is 6.39. The normalized spacial score (nSPS) is 16.7. The summed E-state index contributed by atoms with van der Waals surface area (Å²) in [6.45, 7) is 1.36. The minimum atomic E-state index is -3.93. The van der Waals surface area contributed by atoms with Gasteiger partial charge in [-0.1, -0.05) is 18.2 Å². The molecule has 2 aromatic carbocycles. The van der Waals surface area contributed by atoms with Gasteiger partial charge in [0.2, 0.25) is 0 Å². The van der Waals surface area contributed by atoms with Crippen molar-refractivity contribution >= 4 is 38.7 Å². The summed E-state index contributed by atoms with van der Waals surface area (Å²) in [6.07, 6.45) is 2.17. The van der Waals surface area contributed by atoms with E-state index < -0.39 is 15.8 Å². The second-order valence-electron chi connectivity index (χ2n) is 6.08. The molecule has 0 spiro atoms. The highest BCUT2D eigenvalue weighted by atomic mass is 32.2. The van der Waals surface area contributed by atoms with E-state index in [2.05, 4.69) is 15.4 Å². The van der Waals surface area contributed by atoms with Gasteiger partial charge in [-0.05, 0) is 55.4 Å². The zero-order chi connectivity index (χ0) is 19.3. The second kappa shape index (κ2) is 8.64. The number of benzene rings is 2. The van der Waals surface area contributed by atoms with Gasteiger partial charge in [-0.25, -0.2) is 12.8 Å². The lowest BCUT2D eigenvalue weighted by Gasteiger charge is -2.15. The van der Waals surface area contributed by atoms with Crippen molar-refractivity contribution in [3.8, 4) is 0 Å². The highest BCUT2D eigenvalue weighted by molar-refractivity contribution is 7.92. The number of thiocarbonyl (C=S) groups is 1. The Morgan fingerprint density at radius 2 is 2.04 bits per heavy atom. The SMILES string of the molecule is O=S(=O)(Nc1ccccc1F)c1cccc(NC(=S)NC[C@@H]2CCCO2)c1. The second-order valence-corrected chi connectivity index (χ2v) is 8.17. The van der Waals surface area contributed by atoms with Crippen LogP contribution in [0.3, 0.4) is 0 Å². The van der Waals surface area contributed by atoms with Crippen molar-refractivity contribution in [2.45, 2.75) is 23.8 Å². The molecule has 3 rings (SSSR count). The number of sulfonamides is 1. The maximum atomic E-state index is 13.7. The predicted octanol–water partition coefficient (Wildman–Crippen LogP) is 3.09. The molecule has 1 saturated heterocycles. The Hall–Kier alpha value is -2.23. The van der Waals surface area contributed by atoms with Gasteiger partial charge in [0.25, 0.3) is 10.0 Å². The molecule has 1 atom stereocenters. The van der Waals surface area contributed by atoms with Gasteiger partial charge in [0.05, 0.1) is 16.7 Å². The maximum absolute atomic E-state index is 13.7. The van der Waals surface area contributed by atoms with Crippen LogP contribution < -0.4 is 15.4 Å². The van der Waals surface area contributed by atoms with E-state index in [1.54, 1.807) is 18.2 Å². The van der Waals surface area contributed by atoms with Crippen LogP contribution in [0.4, 0.5) is 15.8 Å². The van der Waals surface area contributed by atoms with Gasteiger partial charge in [-0.15, -0.1) is 0 Å². The van der Waals surface area contributed by atoms with Crippen molar-refractivity contribution in [2.75, 3.05) is 23.2 Å². The zero-order valence-electron chi connectivity index (χ0n) is 14.4. The van der Waals surface area contributed by atoms with Crippen LogP contribution in [0.5, 0.6) is 0 Å². The van der Waals surface area contributed by atoms with E-state index in [0.29, 0.717) is 17.3 Å². The Balaban J connectivity index is 1.65. The molecular weight excluding hydrogens is 389 g/mol. The van der Waals surface area contributed by atoms with Crippen molar-refractivity contribution in [3.05, 3.63) is 54.3 Å². The van der Waals surface area contributed by atoms with Crippen LogP contribution in [-0.2, 0) is 14.8 Å². The third kappa shape index (κ3) is 5.38. The van der Waals surface area contributed by atoms with E-state index in [1.807, 2.05) is 0 Å². The predicted molar refractivity (Wildman–Crippen MR) is 107 cm³/mol. The number of nitrogens with one attached hydrogen (secondary N) is 3. The monoisotopic (exact) mass is 409 g/mol. The summed E-state index contributed by atoms with van der Waals surface area (Å²) in [5.74, 6) is -0.644. The van der Waals surface area contributed by atoms with Crippen LogP contribution >= 0.6 is 12.2 Å². The number of halogens is 1. The number of anilines is 2. The molecule has 0 aliphatic carbocycles. The molecule has 0 unspecified atom stereocenters. The molecule has 9 heteroatoms. The van der Waals surface area contributed by atoms with Crippen LogP contribution in [-0.4, -0.2) is 32.8 Å². The van der Waals surface area contributed by atoms with Crippen LogP contribution in [0.15, 0.2) is 53.4 Å². The molecule has 27 heavy (non-hydrogen) atoms. The summed E-state index contributed by atoms with van der Waals surface area (Å²) < 4.78 is 46.5. The summed E-state index contributed by atoms with van der Waals surface area (Å²) in [5.41, 5.74) is 0.404. The van der Waals surface area contributed by atoms with Crippen molar-refractivity contribution in [1.82, 2.24) is 5.32 Å². The molecule has 144 valence electrons. The van der Waals surface area contributed by atoms with Crippen molar-refractivity contribution in [1.29, 1.82) is 0 Å². The van der Waals surface area contributed by atoms with E-state index in [9.17, 15) is 12.8 Å². The number of hydrogen-bond donors (Lipinski definition) is 3. The van der Waals surface area contributed by atoms with Gasteiger partial charge in [-0.2, -0.15) is 0 Å². The average Bonchev–Trinajstić information content (AvgIpc) is 3.16. The molecule has 0 aromatic heterocycles. The lowest BCUT2D eigenvalue weighted by atomic mass is 10.2. The molecule has 0 radical (unpaired) electrons. The standard InChI is InChI=1S/C18H20FN3O3S2/c19-16-8-1-2-9-17(16)22-27(23,24)15-7-3-5-13(11-15)21-18(26)20-12-14-6-4-10-25-14/h1-3,5,7-9,11,14,22H,4,6,10,12H2,(H2,20,21,26)/t14-/m0/s1. The first kappa shape index (κ1) is 19.5. The highest BCUT2D eigenvalue weighted by Gasteiger charge is 2.17. The molecule has 1 heterocycles. The lowest BCUT2D eigenvalue weighted by Crippen LogP contribution is -2.34. The molecule has 2 aromatic rings. The van der Waals surface area contributed by atoms with E-state index in [4.69, 9.17) is 17.0 Å². The maximum Gasteiger partial charge on any atom is 0.262 e. The molecule has 1 aliphatic heterocycles. The first-order chi connectivity index (χ1) is 12.9. The smallest absolute Gasteiger partial charge is 0.262 e. The average molecular weight is 410 g/mol. The fourth-order valence-corrected chi connectivity index (χ4v) is 3.99. The molecule has 1 aliphatic rings. The summed E-state index contributed by atoms with van der Waals surface area (Å²) in [4.78, 5) is -0.00215. The van der Waals surface area contributed by atoms with E-state index in [-0.39, 0.29) is 16.7 Å². The van der Waals surface area contributed by atoms with Crippen molar-refractivity contribution in [2.24, 2.45) is 0 Å². The van der Waals surface area contributed by atoms with Crippen LogP contribution in [0.1, 0.15) is 12.8 Å².